The molecule has 5 N–H and O–H groups in total. The van der Waals surface area contributed by atoms with Gasteiger partial charge in [-0.05, 0) is 12.1 Å². The Hall–Kier alpha value is -2.45. The molecule has 112 valence electrons. The second-order valence-electron chi connectivity index (χ2n) is 3.47. The lowest BCUT2D eigenvalue weighted by molar-refractivity contribution is 0.1000. The molecule has 0 spiro atoms. The molecule has 21 heavy (non-hydrogen) atoms. The van der Waals surface area contributed by atoms with E-state index in [1.54, 1.807) is 18.3 Å². The minimum Gasteiger partial charge on any atom is -0.382 e. The minimum absolute atomic E-state index is 0. The van der Waals surface area contributed by atoms with Crippen molar-refractivity contribution in [3.8, 4) is 0 Å². The Kier molecular flexibility index (Phi) is 7.66. The highest BCUT2D eigenvalue weighted by atomic mass is 35.5. The molecule has 1 amide bonds. The van der Waals surface area contributed by atoms with Crippen molar-refractivity contribution in [3.63, 3.8) is 0 Å². The van der Waals surface area contributed by atoms with E-state index < -0.39 is 5.91 Å². The quantitative estimate of drug-likeness (QED) is 0.608. The Morgan fingerprint density at radius 3 is 2.48 bits per heavy atom. The van der Waals surface area contributed by atoms with Crippen molar-refractivity contribution in [1.29, 1.82) is 0 Å². The molecular formula is C11H13Cl2N7O. The van der Waals surface area contributed by atoms with E-state index in [4.69, 9.17) is 11.5 Å². The fourth-order valence-corrected chi connectivity index (χ4v) is 1.29. The summed E-state index contributed by atoms with van der Waals surface area (Å²) in [6, 6.07) is 3.29. The number of H-pyrrole nitrogens is 1. The van der Waals surface area contributed by atoms with Crippen molar-refractivity contribution < 1.29 is 4.79 Å². The first-order valence-corrected chi connectivity index (χ1v) is 5.28. The van der Waals surface area contributed by atoms with E-state index in [1.165, 1.54) is 18.9 Å². The number of hydrogen-bond donors (Lipinski definition) is 3. The third-order valence-electron chi connectivity index (χ3n) is 2.20. The topological polar surface area (TPSA) is 136 Å². The SMILES string of the molecule is Cl.Cl.NC(=O)c1cccnc1.Nc1ncnc2nc[nH]c12. The fourth-order valence-electron chi connectivity index (χ4n) is 1.29. The predicted molar refractivity (Wildman–Crippen MR) is 83.3 cm³/mol. The van der Waals surface area contributed by atoms with Crippen LogP contribution in [0.5, 0.6) is 0 Å². The molecule has 0 atom stereocenters. The van der Waals surface area contributed by atoms with Gasteiger partial charge in [0.25, 0.3) is 0 Å². The van der Waals surface area contributed by atoms with Gasteiger partial charge in [-0.25, -0.2) is 15.0 Å². The second-order valence-corrected chi connectivity index (χ2v) is 3.47. The molecular weight excluding hydrogens is 317 g/mol. The average Bonchev–Trinajstić information content (AvgIpc) is 2.90. The van der Waals surface area contributed by atoms with Gasteiger partial charge in [-0.3, -0.25) is 9.78 Å². The molecule has 0 aliphatic carbocycles. The van der Waals surface area contributed by atoms with Gasteiger partial charge in [0.05, 0.1) is 11.9 Å². The van der Waals surface area contributed by atoms with Crippen LogP contribution in [0.25, 0.3) is 11.2 Å². The molecule has 0 unspecified atom stereocenters. The summed E-state index contributed by atoms with van der Waals surface area (Å²) in [6.07, 6.45) is 5.95. The fraction of sp³-hybridized carbons (Fsp3) is 0. The van der Waals surface area contributed by atoms with Crippen LogP contribution in [0.4, 0.5) is 5.82 Å². The number of carbonyl (C=O) groups excluding carboxylic acids is 1. The number of nitrogens with zero attached hydrogens (tertiary/aromatic N) is 4. The number of halogens is 2. The van der Waals surface area contributed by atoms with E-state index in [1.807, 2.05) is 0 Å². The normalized spacial score (nSPS) is 8.76. The first-order valence-electron chi connectivity index (χ1n) is 5.28. The maximum atomic E-state index is 10.4. The highest BCUT2D eigenvalue weighted by Gasteiger charge is 1.99. The second kappa shape index (κ2) is 8.67. The van der Waals surface area contributed by atoms with Gasteiger partial charge in [0, 0.05) is 12.4 Å². The van der Waals surface area contributed by atoms with Crippen molar-refractivity contribution >= 4 is 47.7 Å². The van der Waals surface area contributed by atoms with E-state index in [0.29, 0.717) is 22.5 Å². The minimum atomic E-state index is -0.442. The number of amides is 1. The number of nitrogens with one attached hydrogen (secondary N) is 1. The molecule has 0 fully saturated rings. The van der Waals surface area contributed by atoms with Crippen LogP contribution in [-0.2, 0) is 0 Å². The highest BCUT2D eigenvalue weighted by molar-refractivity contribution is 5.92. The van der Waals surface area contributed by atoms with E-state index in [-0.39, 0.29) is 24.8 Å². The lowest BCUT2D eigenvalue weighted by Gasteiger charge is -1.89. The van der Waals surface area contributed by atoms with Gasteiger partial charge in [-0.2, -0.15) is 0 Å². The van der Waals surface area contributed by atoms with E-state index >= 15 is 0 Å². The standard InChI is InChI=1S/C6H6N2O.C5H5N5.2ClH/c7-6(9)5-2-1-3-8-4-5;6-4-3-5(9-1-7-3)10-2-8-4;;/h1-4H,(H2,7,9);1-2H,(H3,6,7,8,9,10);2*1H. The largest absolute Gasteiger partial charge is 0.382 e. The zero-order chi connectivity index (χ0) is 13.7. The van der Waals surface area contributed by atoms with Gasteiger partial charge in [-0.15, -0.1) is 24.8 Å². The van der Waals surface area contributed by atoms with Crippen LogP contribution in [0.1, 0.15) is 10.4 Å². The van der Waals surface area contributed by atoms with Crippen molar-refractivity contribution in [1.82, 2.24) is 24.9 Å². The molecule has 0 aliphatic heterocycles. The smallest absolute Gasteiger partial charge is 0.250 e. The summed E-state index contributed by atoms with van der Waals surface area (Å²) in [5.74, 6) is -0.00870. The summed E-state index contributed by atoms with van der Waals surface area (Å²) >= 11 is 0. The number of nitrogen functional groups attached to an aromatic ring is 1. The number of anilines is 1. The molecule has 3 heterocycles. The molecule has 0 saturated carbocycles. The molecule has 0 aliphatic rings. The Bertz CT molecular complexity index is 689. The van der Waals surface area contributed by atoms with Crippen LogP contribution in [-0.4, -0.2) is 30.8 Å². The van der Waals surface area contributed by atoms with E-state index in [0.717, 1.165) is 0 Å². The summed E-state index contributed by atoms with van der Waals surface area (Å²) in [5, 5.41) is 0. The van der Waals surface area contributed by atoms with E-state index in [9.17, 15) is 4.79 Å². The molecule has 0 aromatic carbocycles. The average molecular weight is 330 g/mol. The molecule has 10 heteroatoms. The molecule has 3 aromatic heterocycles. The number of fused-ring (bicyclic) bond motifs is 1. The number of aromatic amines is 1. The third kappa shape index (κ3) is 4.86. The van der Waals surface area contributed by atoms with Gasteiger partial charge in [0.2, 0.25) is 5.91 Å². The Labute approximate surface area is 132 Å². The van der Waals surface area contributed by atoms with Crippen LogP contribution in [0.15, 0.2) is 37.2 Å². The lowest BCUT2D eigenvalue weighted by atomic mass is 10.3. The number of nitrogens with two attached hydrogens (primary N) is 2. The Morgan fingerprint density at radius 1 is 1.19 bits per heavy atom. The van der Waals surface area contributed by atoms with Crippen molar-refractivity contribution in [2.24, 2.45) is 5.73 Å². The maximum absolute atomic E-state index is 10.4. The van der Waals surface area contributed by atoms with Crippen LogP contribution < -0.4 is 11.5 Å². The number of carbonyl (C=O) groups is 1. The number of hydrogen-bond acceptors (Lipinski definition) is 6. The first-order chi connectivity index (χ1) is 9.18. The number of imidazole rings is 1. The summed E-state index contributed by atoms with van der Waals surface area (Å²) < 4.78 is 0. The summed E-state index contributed by atoms with van der Waals surface area (Å²) in [4.78, 5) is 28.5. The first kappa shape index (κ1) is 18.6. The maximum Gasteiger partial charge on any atom is 0.250 e. The molecule has 0 bridgehead atoms. The van der Waals surface area contributed by atoms with Gasteiger partial charge in [0.1, 0.15) is 11.8 Å². The number of rotatable bonds is 1. The van der Waals surface area contributed by atoms with Crippen LogP contribution in [0.2, 0.25) is 0 Å². The van der Waals surface area contributed by atoms with Gasteiger partial charge < -0.3 is 16.5 Å². The highest BCUT2D eigenvalue weighted by Crippen LogP contribution is 2.09. The van der Waals surface area contributed by atoms with Crippen LogP contribution >= 0.6 is 24.8 Å². The predicted octanol–water partition coefficient (Wildman–Crippen LogP) is 0.959. The Morgan fingerprint density at radius 2 is 1.95 bits per heavy atom. The Balaban J connectivity index is 0.000000350. The summed E-state index contributed by atoms with van der Waals surface area (Å²) in [6.45, 7) is 0. The molecule has 3 aromatic rings. The van der Waals surface area contributed by atoms with Crippen LogP contribution in [0, 0.1) is 0 Å². The molecule has 0 saturated heterocycles. The van der Waals surface area contributed by atoms with Gasteiger partial charge in [0.15, 0.2) is 11.5 Å². The molecule has 0 radical (unpaired) electrons. The van der Waals surface area contributed by atoms with Crippen molar-refractivity contribution in [2.45, 2.75) is 0 Å². The number of aromatic nitrogens is 5. The third-order valence-corrected chi connectivity index (χ3v) is 2.20. The zero-order valence-corrected chi connectivity index (χ0v) is 12.3. The zero-order valence-electron chi connectivity index (χ0n) is 10.6. The van der Waals surface area contributed by atoms with Gasteiger partial charge >= 0.3 is 0 Å². The number of primary amides is 1. The summed E-state index contributed by atoms with van der Waals surface area (Å²) in [5.41, 5.74) is 12.2. The van der Waals surface area contributed by atoms with Gasteiger partial charge in [-0.1, -0.05) is 0 Å². The van der Waals surface area contributed by atoms with E-state index in [2.05, 4.69) is 24.9 Å². The summed E-state index contributed by atoms with van der Waals surface area (Å²) in [7, 11) is 0. The molecule has 3 rings (SSSR count). The molecule has 8 nitrogen and oxygen atoms in total. The van der Waals surface area contributed by atoms with Crippen LogP contribution in [0.3, 0.4) is 0 Å². The van der Waals surface area contributed by atoms with Crippen molar-refractivity contribution in [3.05, 3.63) is 42.7 Å². The number of pyridine rings is 1. The monoisotopic (exact) mass is 329 g/mol. The van der Waals surface area contributed by atoms with Crippen molar-refractivity contribution in [2.75, 3.05) is 5.73 Å². The lowest BCUT2D eigenvalue weighted by Crippen LogP contribution is -2.10.